The Hall–Kier alpha value is -0.610. The Kier molecular flexibility index (Phi) is 3.41. The monoisotopic (exact) mass is 214 g/mol. The molecule has 1 amide bonds. The lowest BCUT2D eigenvalue weighted by molar-refractivity contribution is -0.141. The van der Waals surface area contributed by atoms with Gasteiger partial charge in [-0.2, -0.15) is 0 Å². The van der Waals surface area contributed by atoms with Gasteiger partial charge in [-0.3, -0.25) is 4.79 Å². The zero-order valence-electron chi connectivity index (χ0n) is 10.1. The van der Waals surface area contributed by atoms with E-state index in [2.05, 4.69) is 5.32 Å². The summed E-state index contributed by atoms with van der Waals surface area (Å²) in [5.41, 5.74) is 4.75. The number of rotatable bonds is 3. The predicted molar refractivity (Wildman–Crippen MR) is 59.5 cm³/mol. The summed E-state index contributed by atoms with van der Waals surface area (Å²) in [5.74, 6) is -0.0534. The maximum absolute atomic E-state index is 12.0. The molecule has 88 valence electrons. The van der Waals surface area contributed by atoms with E-state index in [9.17, 15) is 4.79 Å². The van der Waals surface area contributed by atoms with Crippen molar-refractivity contribution >= 4 is 5.91 Å². The van der Waals surface area contributed by atoms with Crippen molar-refractivity contribution in [2.45, 2.75) is 57.7 Å². The first-order valence-electron chi connectivity index (χ1n) is 5.50. The minimum absolute atomic E-state index is 0.0534. The van der Waals surface area contributed by atoms with Gasteiger partial charge in [0.15, 0.2) is 0 Å². The summed E-state index contributed by atoms with van der Waals surface area (Å²) in [4.78, 5) is 12.0. The lowest BCUT2D eigenvalue weighted by Gasteiger charge is -2.34. The SMILES string of the molecule is CC(N)C(C)(C)NC(=O)C1(C)CCCO1. The van der Waals surface area contributed by atoms with E-state index in [0.29, 0.717) is 6.61 Å². The third-order valence-corrected chi connectivity index (χ3v) is 3.27. The Morgan fingerprint density at radius 1 is 1.60 bits per heavy atom. The van der Waals surface area contributed by atoms with Crippen LogP contribution in [0, 0.1) is 0 Å². The number of amides is 1. The molecule has 0 bridgehead atoms. The van der Waals surface area contributed by atoms with Gasteiger partial charge in [-0.25, -0.2) is 0 Å². The van der Waals surface area contributed by atoms with Crippen molar-refractivity contribution in [3.63, 3.8) is 0 Å². The largest absolute Gasteiger partial charge is 0.365 e. The molecule has 1 saturated heterocycles. The van der Waals surface area contributed by atoms with E-state index in [1.54, 1.807) is 0 Å². The molecule has 1 aliphatic rings. The molecule has 0 aromatic rings. The van der Waals surface area contributed by atoms with Crippen LogP contribution in [0.1, 0.15) is 40.5 Å². The molecule has 0 aromatic carbocycles. The van der Waals surface area contributed by atoms with E-state index in [0.717, 1.165) is 12.8 Å². The molecule has 1 heterocycles. The quantitative estimate of drug-likeness (QED) is 0.730. The second-order valence-corrected chi connectivity index (χ2v) is 5.15. The highest BCUT2D eigenvalue weighted by molar-refractivity contribution is 5.85. The molecule has 4 nitrogen and oxygen atoms in total. The molecule has 0 aliphatic carbocycles. The van der Waals surface area contributed by atoms with E-state index in [1.807, 2.05) is 27.7 Å². The number of ether oxygens (including phenoxy) is 1. The average molecular weight is 214 g/mol. The van der Waals surface area contributed by atoms with E-state index < -0.39 is 11.1 Å². The second kappa shape index (κ2) is 4.10. The van der Waals surface area contributed by atoms with Gasteiger partial charge in [0.2, 0.25) is 0 Å². The summed E-state index contributed by atoms with van der Waals surface area (Å²) in [6.07, 6.45) is 1.73. The van der Waals surface area contributed by atoms with Crippen molar-refractivity contribution in [2.24, 2.45) is 5.73 Å². The first kappa shape index (κ1) is 12.5. The molecule has 3 N–H and O–H groups in total. The maximum Gasteiger partial charge on any atom is 0.252 e. The molecule has 0 saturated carbocycles. The fourth-order valence-electron chi connectivity index (χ4n) is 1.50. The summed E-state index contributed by atoms with van der Waals surface area (Å²) >= 11 is 0. The van der Waals surface area contributed by atoms with Crippen molar-refractivity contribution < 1.29 is 9.53 Å². The number of hydrogen-bond donors (Lipinski definition) is 2. The van der Waals surface area contributed by atoms with E-state index >= 15 is 0 Å². The standard InChI is InChI=1S/C11H22N2O2/c1-8(12)10(2,3)13-9(14)11(4)6-5-7-15-11/h8H,5-7,12H2,1-4H3,(H,13,14). The van der Waals surface area contributed by atoms with Gasteiger partial charge in [0.1, 0.15) is 5.60 Å². The zero-order valence-corrected chi connectivity index (χ0v) is 10.1. The van der Waals surface area contributed by atoms with E-state index in [1.165, 1.54) is 0 Å². The summed E-state index contributed by atoms with van der Waals surface area (Å²) in [6.45, 7) is 8.25. The molecule has 0 aromatic heterocycles. The van der Waals surface area contributed by atoms with Gasteiger partial charge in [0.05, 0.1) is 0 Å². The van der Waals surface area contributed by atoms with Gasteiger partial charge in [0.25, 0.3) is 5.91 Å². The highest BCUT2D eigenvalue weighted by Crippen LogP contribution is 2.26. The summed E-state index contributed by atoms with van der Waals surface area (Å²) in [5, 5.41) is 2.95. The van der Waals surface area contributed by atoms with Crippen LogP contribution in [-0.2, 0) is 9.53 Å². The minimum Gasteiger partial charge on any atom is -0.365 e. The van der Waals surface area contributed by atoms with Crippen LogP contribution < -0.4 is 11.1 Å². The van der Waals surface area contributed by atoms with Crippen LogP contribution in [0.4, 0.5) is 0 Å². The molecule has 1 rings (SSSR count). The number of nitrogens with two attached hydrogens (primary N) is 1. The average Bonchev–Trinajstić information content (AvgIpc) is 2.52. The normalized spacial score (nSPS) is 28.9. The molecule has 2 atom stereocenters. The Morgan fingerprint density at radius 2 is 2.20 bits per heavy atom. The maximum atomic E-state index is 12.0. The van der Waals surface area contributed by atoms with Crippen LogP contribution in [-0.4, -0.2) is 29.7 Å². The Bertz CT molecular complexity index is 243. The van der Waals surface area contributed by atoms with Gasteiger partial charge in [-0.15, -0.1) is 0 Å². The smallest absolute Gasteiger partial charge is 0.252 e. The third-order valence-electron chi connectivity index (χ3n) is 3.27. The van der Waals surface area contributed by atoms with Gasteiger partial charge < -0.3 is 15.8 Å². The molecule has 0 radical (unpaired) electrons. The first-order chi connectivity index (χ1) is 6.78. The highest BCUT2D eigenvalue weighted by Gasteiger charge is 2.40. The van der Waals surface area contributed by atoms with E-state index in [-0.39, 0.29) is 11.9 Å². The van der Waals surface area contributed by atoms with E-state index in [4.69, 9.17) is 10.5 Å². The molecule has 2 unspecified atom stereocenters. The molecular weight excluding hydrogens is 192 g/mol. The summed E-state index contributed by atoms with van der Waals surface area (Å²) < 4.78 is 5.47. The van der Waals surface area contributed by atoms with Crippen LogP contribution in [0.25, 0.3) is 0 Å². The summed E-state index contributed by atoms with van der Waals surface area (Å²) in [6, 6.07) is -0.0912. The van der Waals surface area contributed by atoms with Gasteiger partial charge >= 0.3 is 0 Å². The number of nitrogens with one attached hydrogen (secondary N) is 1. The number of carbonyl (C=O) groups excluding carboxylic acids is 1. The van der Waals surface area contributed by atoms with Crippen molar-refractivity contribution in [1.29, 1.82) is 0 Å². The highest BCUT2D eigenvalue weighted by atomic mass is 16.5. The Labute approximate surface area is 91.5 Å². The second-order valence-electron chi connectivity index (χ2n) is 5.15. The molecule has 1 fully saturated rings. The fourth-order valence-corrected chi connectivity index (χ4v) is 1.50. The third kappa shape index (κ3) is 2.69. The van der Waals surface area contributed by atoms with Crippen LogP contribution in [0.5, 0.6) is 0 Å². The van der Waals surface area contributed by atoms with Crippen molar-refractivity contribution in [1.82, 2.24) is 5.32 Å². The molecule has 0 spiro atoms. The Morgan fingerprint density at radius 3 is 2.60 bits per heavy atom. The topological polar surface area (TPSA) is 64.3 Å². The van der Waals surface area contributed by atoms with Crippen LogP contribution in [0.15, 0.2) is 0 Å². The lowest BCUT2D eigenvalue weighted by atomic mass is 9.94. The lowest BCUT2D eigenvalue weighted by Crippen LogP contribution is -2.59. The molecule has 15 heavy (non-hydrogen) atoms. The number of carbonyl (C=O) groups is 1. The number of hydrogen-bond acceptors (Lipinski definition) is 3. The van der Waals surface area contributed by atoms with Crippen molar-refractivity contribution in [3.05, 3.63) is 0 Å². The zero-order chi connectivity index (χ0) is 11.7. The van der Waals surface area contributed by atoms with Crippen molar-refractivity contribution in [2.75, 3.05) is 6.61 Å². The first-order valence-corrected chi connectivity index (χ1v) is 5.50. The fraction of sp³-hybridized carbons (Fsp3) is 0.909. The van der Waals surface area contributed by atoms with Crippen molar-refractivity contribution in [3.8, 4) is 0 Å². The van der Waals surface area contributed by atoms with Crippen LogP contribution in [0.2, 0.25) is 0 Å². The predicted octanol–water partition coefficient (Wildman–Crippen LogP) is 0.797. The molecule has 1 aliphatic heterocycles. The molecular formula is C11H22N2O2. The Balaban J connectivity index is 2.62. The minimum atomic E-state index is -0.661. The van der Waals surface area contributed by atoms with Gasteiger partial charge in [-0.1, -0.05) is 0 Å². The summed E-state index contributed by atoms with van der Waals surface area (Å²) in [7, 11) is 0. The van der Waals surface area contributed by atoms with Gasteiger partial charge in [-0.05, 0) is 40.5 Å². The van der Waals surface area contributed by atoms with Crippen LogP contribution in [0.3, 0.4) is 0 Å². The molecule has 4 heteroatoms. The van der Waals surface area contributed by atoms with Gasteiger partial charge in [0, 0.05) is 18.2 Å². The van der Waals surface area contributed by atoms with Crippen LogP contribution >= 0.6 is 0 Å².